The van der Waals surface area contributed by atoms with E-state index >= 15 is 0 Å². The molecule has 1 fully saturated rings. The monoisotopic (exact) mass is 441 g/mol. The van der Waals surface area contributed by atoms with Crippen molar-refractivity contribution in [3.8, 4) is 11.3 Å². The maximum Gasteiger partial charge on any atom is 0.253 e. The van der Waals surface area contributed by atoms with Crippen LogP contribution in [0.5, 0.6) is 0 Å². The highest BCUT2D eigenvalue weighted by Crippen LogP contribution is 2.21. The molecule has 1 aromatic heterocycles. The third-order valence-corrected chi connectivity index (χ3v) is 5.50. The Bertz CT molecular complexity index is 1060. The molecule has 1 aliphatic heterocycles. The lowest BCUT2D eigenvalue weighted by atomic mass is 10.1. The Labute approximate surface area is 184 Å². The molecule has 6 nitrogen and oxygen atoms in total. The van der Waals surface area contributed by atoms with Crippen LogP contribution in [-0.4, -0.2) is 52.8 Å². The van der Waals surface area contributed by atoms with Crippen molar-refractivity contribution in [1.82, 2.24) is 14.8 Å². The minimum atomic E-state index is -0.316. The highest BCUT2D eigenvalue weighted by atomic mass is 35.5. The van der Waals surface area contributed by atoms with E-state index in [9.17, 15) is 14.0 Å². The van der Waals surface area contributed by atoms with Crippen LogP contribution in [0, 0.1) is 5.82 Å². The standard InChI is InChI=1S/C23H21ClFN3O3/c24-18-5-1-17(2-6-18)23(30)28-13-11-27(12-14-28)22(29)10-9-21-26-15-20(31-21)16-3-7-19(25)8-4-16/h1-8,15H,9-14H2. The van der Waals surface area contributed by atoms with Crippen LogP contribution in [0.4, 0.5) is 4.39 Å². The molecule has 0 N–H and O–H groups in total. The van der Waals surface area contributed by atoms with Crippen LogP contribution in [-0.2, 0) is 11.2 Å². The van der Waals surface area contributed by atoms with Gasteiger partial charge in [0.2, 0.25) is 5.91 Å². The van der Waals surface area contributed by atoms with E-state index in [4.69, 9.17) is 16.0 Å². The van der Waals surface area contributed by atoms with Crippen LogP contribution in [0.25, 0.3) is 11.3 Å². The van der Waals surface area contributed by atoms with Crippen LogP contribution in [0.1, 0.15) is 22.7 Å². The summed E-state index contributed by atoms with van der Waals surface area (Å²) in [5, 5.41) is 0.586. The fraction of sp³-hybridized carbons (Fsp3) is 0.261. The molecule has 0 spiro atoms. The topological polar surface area (TPSA) is 66.7 Å². The molecule has 2 heterocycles. The molecule has 160 valence electrons. The number of aryl methyl sites for hydroxylation is 1. The molecular formula is C23H21ClFN3O3. The third kappa shape index (κ3) is 5.11. The molecule has 3 aromatic rings. The van der Waals surface area contributed by atoms with E-state index in [-0.39, 0.29) is 24.1 Å². The average Bonchev–Trinajstić information content (AvgIpc) is 3.27. The summed E-state index contributed by atoms with van der Waals surface area (Å²) in [4.78, 5) is 32.9. The fourth-order valence-electron chi connectivity index (χ4n) is 3.48. The van der Waals surface area contributed by atoms with Crippen molar-refractivity contribution < 1.29 is 18.4 Å². The Morgan fingerprint density at radius 2 is 1.61 bits per heavy atom. The van der Waals surface area contributed by atoms with Crippen molar-refractivity contribution in [2.75, 3.05) is 26.2 Å². The Morgan fingerprint density at radius 1 is 0.968 bits per heavy atom. The van der Waals surface area contributed by atoms with Crippen molar-refractivity contribution in [3.05, 3.63) is 77.0 Å². The van der Waals surface area contributed by atoms with Crippen LogP contribution in [0.15, 0.2) is 59.1 Å². The molecule has 0 aliphatic carbocycles. The van der Waals surface area contributed by atoms with Crippen LogP contribution in [0.3, 0.4) is 0 Å². The number of rotatable bonds is 5. The second-order valence-electron chi connectivity index (χ2n) is 7.31. The number of benzene rings is 2. The van der Waals surface area contributed by atoms with Gasteiger partial charge in [-0.3, -0.25) is 9.59 Å². The van der Waals surface area contributed by atoms with E-state index in [0.29, 0.717) is 54.8 Å². The van der Waals surface area contributed by atoms with Crippen molar-refractivity contribution in [3.63, 3.8) is 0 Å². The number of aromatic nitrogens is 1. The first-order valence-electron chi connectivity index (χ1n) is 10.0. The molecule has 0 atom stereocenters. The number of hydrogen-bond acceptors (Lipinski definition) is 4. The summed E-state index contributed by atoms with van der Waals surface area (Å²) >= 11 is 5.87. The molecule has 8 heteroatoms. The van der Waals surface area contributed by atoms with Crippen LogP contribution < -0.4 is 0 Å². The molecular weight excluding hydrogens is 421 g/mol. The molecule has 2 aromatic carbocycles. The van der Waals surface area contributed by atoms with E-state index in [1.807, 2.05) is 0 Å². The van der Waals surface area contributed by atoms with E-state index in [0.717, 1.165) is 5.56 Å². The van der Waals surface area contributed by atoms with Gasteiger partial charge in [-0.2, -0.15) is 0 Å². The Kier molecular flexibility index (Phi) is 6.32. The predicted molar refractivity (Wildman–Crippen MR) is 114 cm³/mol. The number of hydrogen-bond donors (Lipinski definition) is 0. The second kappa shape index (κ2) is 9.31. The van der Waals surface area contributed by atoms with Gasteiger partial charge >= 0.3 is 0 Å². The number of nitrogens with zero attached hydrogens (tertiary/aromatic N) is 3. The van der Waals surface area contributed by atoms with Crippen molar-refractivity contribution in [1.29, 1.82) is 0 Å². The largest absolute Gasteiger partial charge is 0.441 e. The van der Waals surface area contributed by atoms with Gasteiger partial charge < -0.3 is 14.2 Å². The molecule has 0 unspecified atom stereocenters. The number of halogens is 2. The highest BCUT2D eigenvalue weighted by Gasteiger charge is 2.25. The van der Waals surface area contributed by atoms with Gasteiger partial charge in [0, 0.05) is 55.2 Å². The number of piperazine rings is 1. The van der Waals surface area contributed by atoms with E-state index in [2.05, 4.69) is 4.98 Å². The van der Waals surface area contributed by atoms with E-state index in [1.165, 1.54) is 12.1 Å². The first-order chi connectivity index (χ1) is 15.0. The first kappa shape index (κ1) is 21.1. The summed E-state index contributed by atoms with van der Waals surface area (Å²) in [6, 6.07) is 12.8. The minimum absolute atomic E-state index is 0.000115. The SMILES string of the molecule is O=C(CCc1ncc(-c2ccc(F)cc2)o1)N1CCN(C(=O)c2ccc(Cl)cc2)CC1. The van der Waals surface area contributed by atoms with Gasteiger partial charge in [-0.05, 0) is 48.5 Å². The third-order valence-electron chi connectivity index (χ3n) is 5.25. The number of amides is 2. The van der Waals surface area contributed by atoms with Gasteiger partial charge in [-0.1, -0.05) is 11.6 Å². The molecule has 0 saturated carbocycles. The molecule has 0 bridgehead atoms. The Morgan fingerprint density at radius 3 is 2.29 bits per heavy atom. The lowest BCUT2D eigenvalue weighted by Gasteiger charge is -2.34. The van der Waals surface area contributed by atoms with Crippen molar-refractivity contribution >= 4 is 23.4 Å². The minimum Gasteiger partial charge on any atom is -0.441 e. The summed E-state index contributed by atoms with van der Waals surface area (Å²) in [5.74, 6) is 0.627. The number of carbonyl (C=O) groups is 2. The van der Waals surface area contributed by atoms with Crippen molar-refractivity contribution in [2.45, 2.75) is 12.8 Å². The quantitative estimate of drug-likeness (QED) is 0.599. The Hall–Kier alpha value is -3.19. The maximum atomic E-state index is 13.0. The summed E-state index contributed by atoms with van der Waals surface area (Å²) in [5.41, 5.74) is 1.32. The fourth-order valence-corrected chi connectivity index (χ4v) is 3.61. The summed E-state index contributed by atoms with van der Waals surface area (Å²) in [7, 11) is 0. The maximum absolute atomic E-state index is 13.0. The van der Waals surface area contributed by atoms with Gasteiger partial charge in [0.25, 0.3) is 5.91 Å². The van der Waals surface area contributed by atoms with Crippen molar-refractivity contribution in [2.24, 2.45) is 0 Å². The lowest BCUT2D eigenvalue weighted by molar-refractivity contribution is -0.132. The second-order valence-corrected chi connectivity index (χ2v) is 7.74. The van der Waals surface area contributed by atoms with E-state index < -0.39 is 0 Å². The smallest absolute Gasteiger partial charge is 0.253 e. The zero-order chi connectivity index (χ0) is 21.8. The molecule has 4 rings (SSSR count). The lowest BCUT2D eigenvalue weighted by Crippen LogP contribution is -2.50. The number of carbonyl (C=O) groups excluding carboxylic acids is 2. The molecule has 2 amide bonds. The van der Waals surface area contributed by atoms with Gasteiger partial charge in [0.1, 0.15) is 5.82 Å². The van der Waals surface area contributed by atoms with Gasteiger partial charge in [0.05, 0.1) is 6.20 Å². The van der Waals surface area contributed by atoms with Gasteiger partial charge in [-0.15, -0.1) is 0 Å². The summed E-state index contributed by atoms with van der Waals surface area (Å²) < 4.78 is 18.7. The molecule has 1 saturated heterocycles. The zero-order valence-corrected chi connectivity index (χ0v) is 17.5. The molecule has 0 radical (unpaired) electrons. The molecule has 1 aliphatic rings. The van der Waals surface area contributed by atoms with Crippen LogP contribution >= 0.6 is 11.6 Å². The van der Waals surface area contributed by atoms with Gasteiger partial charge in [0.15, 0.2) is 11.7 Å². The average molecular weight is 442 g/mol. The van der Waals surface area contributed by atoms with Crippen LogP contribution in [0.2, 0.25) is 5.02 Å². The first-order valence-corrected chi connectivity index (χ1v) is 10.4. The van der Waals surface area contributed by atoms with Gasteiger partial charge in [-0.25, -0.2) is 9.37 Å². The molecule has 31 heavy (non-hydrogen) atoms. The zero-order valence-electron chi connectivity index (χ0n) is 16.8. The summed E-state index contributed by atoms with van der Waals surface area (Å²) in [6.07, 6.45) is 2.23. The summed E-state index contributed by atoms with van der Waals surface area (Å²) in [6.45, 7) is 1.96. The predicted octanol–water partition coefficient (Wildman–Crippen LogP) is 4.05. The number of oxazole rings is 1. The highest BCUT2D eigenvalue weighted by molar-refractivity contribution is 6.30. The normalized spacial score (nSPS) is 14.0. The Balaban J connectivity index is 1.26. The van der Waals surface area contributed by atoms with E-state index in [1.54, 1.807) is 52.4 Å².